The van der Waals surface area contributed by atoms with Crippen LogP contribution in [-0.4, -0.2) is 66.1 Å². The molecule has 1 aliphatic heterocycles. The molecule has 2 N–H and O–H groups in total. The number of carbonyl (C=O) groups excluding carboxylic acids is 1. The number of likely N-dealkylation sites (N-methyl/N-ethyl adjacent to an activating group) is 1. The molecular formula is C22H27N3O4. The Kier molecular flexibility index (Phi) is 7.21. The van der Waals surface area contributed by atoms with Crippen LogP contribution in [0.15, 0.2) is 54.6 Å². The maximum absolute atomic E-state index is 12.4. The summed E-state index contributed by atoms with van der Waals surface area (Å²) >= 11 is 0. The number of hydrogen-bond donors (Lipinski definition) is 2. The van der Waals surface area contributed by atoms with E-state index in [9.17, 15) is 14.7 Å². The highest BCUT2D eigenvalue weighted by Gasteiger charge is 2.30. The van der Waals surface area contributed by atoms with Gasteiger partial charge in [0.25, 0.3) is 0 Å². The zero-order valence-corrected chi connectivity index (χ0v) is 16.6. The van der Waals surface area contributed by atoms with E-state index in [1.165, 1.54) is 0 Å². The summed E-state index contributed by atoms with van der Waals surface area (Å²) in [5.41, 5.74) is 1.69. The molecule has 7 heteroatoms. The van der Waals surface area contributed by atoms with E-state index in [1.54, 1.807) is 24.3 Å². The van der Waals surface area contributed by atoms with Crippen LogP contribution < -0.4 is 10.1 Å². The van der Waals surface area contributed by atoms with Crippen LogP contribution in [0.25, 0.3) is 0 Å². The van der Waals surface area contributed by atoms with Crippen molar-refractivity contribution in [2.75, 3.05) is 38.5 Å². The minimum absolute atomic E-state index is 0.0781. The van der Waals surface area contributed by atoms with E-state index in [2.05, 4.69) is 10.2 Å². The van der Waals surface area contributed by atoms with Crippen molar-refractivity contribution in [2.24, 2.45) is 0 Å². The summed E-state index contributed by atoms with van der Waals surface area (Å²) in [6.45, 7) is 3.37. The minimum Gasteiger partial charge on any atom is -0.489 e. The van der Waals surface area contributed by atoms with Gasteiger partial charge in [0.2, 0.25) is 5.91 Å². The Bertz CT molecular complexity index is 803. The van der Waals surface area contributed by atoms with Gasteiger partial charge >= 0.3 is 5.97 Å². The molecule has 0 spiro atoms. The van der Waals surface area contributed by atoms with E-state index in [1.807, 2.05) is 42.3 Å². The maximum atomic E-state index is 12.4. The number of nitrogens with one attached hydrogen (secondary N) is 1. The molecule has 2 aromatic rings. The van der Waals surface area contributed by atoms with Gasteiger partial charge in [-0.2, -0.15) is 0 Å². The fourth-order valence-corrected chi connectivity index (χ4v) is 3.27. The Labute approximate surface area is 170 Å². The molecule has 1 aliphatic rings. The molecule has 154 valence electrons. The minimum atomic E-state index is -0.964. The monoisotopic (exact) mass is 397 g/mol. The predicted molar refractivity (Wildman–Crippen MR) is 111 cm³/mol. The molecule has 0 saturated carbocycles. The Morgan fingerprint density at radius 1 is 1.03 bits per heavy atom. The van der Waals surface area contributed by atoms with Gasteiger partial charge in [0.1, 0.15) is 18.4 Å². The fraction of sp³-hybridized carbons (Fsp3) is 0.364. The summed E-state index contributed by atoms with van der Waals surface area (Å²) in [6, 6.07) is 16.1. The number of ether oxygens (including phenoxy) is 1. The number of rotatable bonds is 8. The molecule has 1 amide bonds. The third kappa shape index (κ3) is 6.30. The second kappa shape index (κ2) is 10.0. The topological polar surface area (TPSA) is 82.1 Å². The lowest BCUT2D eigenvalue weighted by Gasteiger charge is -2.35. The quantitative estimate of drug-likeness (QED) is 0.711. The van der Waals surface area contributed by atoms with E-state index in [-0.39, 0.29) is 12.3 Å². The van der Waals surface area contributed by atoms with Crippen molar-refractivity contribution in [3.63, 3.8) is 0 Å². The van der Waals surface area contributed by atoms with Crippen molar-refractivity contribution in [3.05, 3.63) is 60.2 Å². The number of piperazine rings is 1. The highest BCUT2D eigenvalue weighted by molar-refractivity contribution is 5.94. The van der Waals surface area contributed by atoms with Crippen LogP contribution >= 0.6 is 0 Å². The number of carboxylic acid groups (broad SMARTS) is 1. The first kappa shape index (κ1) is 20.8. The molecule has 29 heavy (non-hydrogen) atoms. The van der Waals surface area contributed by atoms with Crippen molar-refractivity contribution >= 4 is 17.6 Å². The smallest absolute Gasteiger partial charge is 0.321 e. The SMILES string of the molecule is CN1CCN(C(CC(=O)Nc2ccc(OCc3ccccc3)cc2)C(=O)O)CC1. The van der Waals surface area contributed by atoms with Crippen molar-refractivity contribution in [1.29, 1.82) is 0 Å². The van der Waals surface area contributed by atoms with Crippen LogP contribution in [0.5, 0.6) is 5.75 Å². The molecule has 3 rings (SSSR count). The van der Waals surface area contributed by atoms with E-state index < -0.39 is 12.0 Å². The van der Waals surface area contributed by atoms with Gasteiger partial charge in [-0.15, -0.1) is 0 Å². The van der Waals surface area contributed by atoms with Crippen molar-refractivity contribution in [2.45, 2.75) is 19.1 Å². The number of aliphatic carboxylic acids is 1. The number of carboxylic acids is 1. The van der Waals surface area contributed by atoms with Crippen LogP contribution in [0.1, 0.15) is 12.0 Å². The molecule has 1 fully saturated rings. The van der Waals surface area contributed by atoms with Crippen LogP contribution in [0, 0.1) is 0 Å². The number of hydrogen-bond acceptors (Lipinski definition) is 5. The maximum Gasteiger partial charge on any atom is 0.321 e. The van der Waals surface area contributed by atoms with Crippen molar-refractivity contribution in [3.8, 4) is 5.75 Å². The normalized spacial score (nSPS) is 16.2. The Balaban J connectivity index is 1.50. The lowest BCUT2D eigenvalue weighted by Crippen LogP contribution is -2.52. The van der Waals surface area contributed by atoms with Gasteiger partial charge in [-0.1, -0.05) is 30.3 Å². The Morgan fingerprint density at radius 2 is 1.69 bits per heavy atom. The molecule has 1 unspecified atom stereocenters. The zero-order valence-electron chi connectivity index (χ0n) is 16.6. The summed E-state index contributed by atoms with van der Waals surface area (Å²) in [7, 11) is 2.01. The summed E-state index contributed by atoms with van der Waals surface area (Å²) in [5, 5.41) is 12.3. The number of carbonyl (C=O) groups is 2. The summed E-state index contributed by atoms with van der Waals surface area (Å²) in [6.07, 6.45) is -0.0781. The molecule has 1 atom stereocenters. The number of amides is 1. The lowest BCUT2D eigenvalue weighted by atomic mass is 10.1. The zero-order chi connectivity index (χ0) is 20.6. The summed E-state index contributed by atoms with van der Waals surface area (Å²) in [4.78, 5) is 28.1. The van der Waals surface area contributed by atoms with Gasteiger partial charge < -0.3 is 20.1 Å². The third-order valence-corrected chi connectivity index (χ3v) is 5.03. The van der Waals surface area contributed by atoms with Crippen molar-refractivity contribution < 1.29 is 19.4 Å². The summed E-state index contributed by atoms with van der Waals surface area (Å²) < 4.78 is 5.73. The van der Waals surface area contributed by atoms with Gasteiger partial charge in [0.05, 0.1) is 6.42 Å². The second-order valence-corrected chi connectivity index (χ2v) is 7.24. The molecular weight excluding hydrogens is 370 g/mol. The summed E-state index contributed by atoms with van der Waals surface area (Å²) in [5.74, 6) is -0.573. The first-order valence-electron chi connectivity index (χ1n) is 9.73. The average Bonchev–Trinajstić information content (AvgIpc) is 2.73. The van der Waals surface area contributed by atoms with Crippen LogP contribution in [0.2, 0.25) is 0 Å². The number of nitrogens with zero attached hydrogens (tertiary/aromatic N) is 2. The van der Waals surface area contributed by atoms with E-state index >= 15 is 0 Å². The van der Waals surface area contributed by atoms with E-state index in [0.717, 1.165) is 18.7 Å². The van der Waals surface area contributed by atoms with Crippen molar-refractivity contribution in [1.82, 2.24) is 9.80 Å². The molecule has 0 bridgehead atoms. The highest BCUT2D eigenvalue weighted by atomic mass is 16.5. The lowest BCUT2D eigenvalue weighted by molar-refractivity contribution is -0.145. The first-order chi connectivity index (χ1) is 14.0. The molecule has 1 heterocycles. The largest absolute Gasteiger partial charge is 0.489 e. The highest BCUT2D eigenvalue weighted by Crippen LogP contribution is 2.18. The molecule has 7 nitrogen and oxygen atoms in total. The second-order valence-electron chi connectivity index (χ2n) is 7.24. The molecule has 0 radical (unpaired) electrons. The predicted octanol–water partition coefficient (Wildman–Crippen LogP) is 2.29. The van der Waals surface area contributed by atoms with Gasteiger partial charge in [-0.3, -0.25) is 14.5 Å². The Hall–Kier alpha value is -2.90. The molecule has 2 aromatic carbocycles. The van der Waals surface area contributed by atoms with Gasteiger partial charge in [0.15, 0.2) is 0 Å². The number of anilines is 1. The third-order valence-electron chi connectivity index (χ3n) is 5.03. The average molecular weight is 397 g/mol. The van der Waals surface area contributed by atoms with E-state index in [4.69, 9.17) is 4.74 Å². The van der Waals surface area contributed by atoms with Gasteiger partial charge in [-0.25, -0.2) is 0 Å². The molecule has 0 aliphatic carbocycles. The van der Waals surface area contributed by atoms with Gasteiger partial charge in [0, 0.05) is 31.9 Å². The fourth-order valence-electron chi connectivity index (χ4n) is 3.27. The standard InChI is InChI=1S/C22H27N3O4/c1-24-11-13-25(14-12-24)20(22(27)28)15-21(26)23-18-7-9-19(10-8-18)29-16-17-5-3-2-4-6-17/h2-10,20H,11-16H2,1H3,(H,23,26)(H,27,28). The Morgan fingerprint density at radius 3 is 2.31 bits per heavy atom. The van der Waals surface area contributed by atoms with Gasteiger partial charge in [-0.05, 0) is 36.9 Å². The number of benzene rings is 2. The molecule has 0 aromatic heterocycles. The van der Waals surface area contributed by atoms with Crippen LogP contribution in [0.4, 0.5) is 5.69 Å². The van der Waals surface area contributed by atoms with Crippen LogP contribution in [0.3, 0.4) is 0 Å². The molecule has 1 saturated heterocycles. The first-order valence-corrected chi connectivity index (χ1v) is 9.73. The van der Waals surface area contributed by atoms with Crippen LogP contribution in [-0.2, 0) is 16.2 Å². The van der Waals surface area contributed by atoms with E-state index in [0.29, 0.717) is 31.1 Å².